The number of carboxylic acid groups (broad SMARTS) is 1. The maximum atomic E-state index is 11.2. The molecule has 7 heteroatoms. The fourth-order valence-corrected chi connectivity index (χ4v) is 2.06. The predicted octanol–water partition coefficient (Wildman–Crippen LogP) is 3.63. The van der Waals surface area contributed by atoms with Gasteiger partial charge in [0.15, 0.2) is 0 Å². The first-order valence-electron chi connectivity index (χ1n) is 5.87. The topological polar surface area (TPSA) is 89.7 Å². The molecule has 0 aliphatic heterocycles. The molecule has 21 heavy (non-hydrogen) atoms. The second-order valence-electron chi connectivity index (χ2n) is 4.12. The van der Waals surface area contributed by atoms with Gasteiger partial charge in [0, 0.05) is 16.1 Å². The summed E-state index contributed by atoms with van der Waals surface area (Å²) in [7, 11) is 0. The van der Waals surface area contributed by atoms with E-state index in [1.54, 1.807) is 24.3 Å². The Balaban J connectivity index is 2.27. The minimum Gasteiger partial charge on any atom is -0.489 e. The minimum absolute atomic E-state index is 0.0645. The molecule has 0 unspecified atom stereocenters. The second-order valence-corrected chi connectivity index (χ2v) is 5.03. The Labute approximate surface area is 128 Å². The standard InChI is InChI=1S/C14H10BrNO5/c15-10-4-6-11(7-5-10)21-8-9-2-1-3-12(16(19)20)13(9)14(17)18/h1-7H,8H2,(H,17,18). The van der Waals surface area contributed by atoms with Crippen molar-refractivity contribution in [2.24, 2.45) is 0 Å². The SMILES string of the molecule is O=C(O)c1c(COc2ccc(Br)cc2)cccc1[N+](=O)[O-]. The molecule has 0 radical (unpaired) electrons. The van der Waals surface area contributed by atoms with Gasteiger partial charge in [-0.25, -0.2) is 4.79 Å². The number of carbonyl (C=O) groups is 1. The van der Waals surface area contributed by atoms with Gasteiger partial charge in [0.05, 0.1) is 4.92 Å². The Morgan fingerprint density at radius 1 is 1.24 bits per heavy atom. The summed E-state index contributed by atoms with van der Waals surface area (Å²) in [6.07, 6.45) is 0. The van der Waals surface area contributed by atoms with Crippen LogP contribution in [0.25, 0.3) is 0 Å². The van der Waals surface area contributed by atoms with Crippen LogP contribution < -0.4 is 4.74 Å². The number of nitrogens with zero attached hydrogens (tertiary/aromatic N) is 1. The first-order chi connectivity index (χ1) is 9.99. The van der Waals surface area contributed by atoms with Gasteiger partial charge in [-0.15, -0.1) is 0 Å². The van der Waals surface area contributed by atoms with Crippen molar-refractivity contribution in [1.29, 1.82) is 0 Å². The van der Waals surface area contributed by atoms with Gasteiger partial charge in [0.2, 0.25) is 0 Å². The van der Waals surface area contributed by atoms with Crippen LogP contribution in [0, 0.1) is 10.1 Å². The number of halogens is 1. The molecule has 0 heterocycles. The Morgan fingerprint density at radius 3 is 2.48 bits per heavy atom. The van der Waals surface area contributed by atoms with Crippen LogP contribution in [0.1, 0.15) is 15.9 Å². The fourth-order valence-electron chi connectivity index (χ4n) is 1.80. The number of ether oxygens (including phenoxy) is 1. The lowest BCUT2D eigenvalue weighted by Gasteiger charge is -2.09. The van der Waals surface area contributed by atoms with Crippen molar-refractivity contribution in [1.82, 2.24) is 0 Å². The molecule has 6 nitrogen and oxygen atoms in total. The highest BCUT2D eigenvalue weighted by Crippen LogP contribution is 2.24. The summed E-state index contributed by atoms with van der Waals surface area (Å²) in [6, 6.07) is 11.1. The second kappa shape index (κ2) is 6.36. The molecule has 2 aromatic carbocycles. The van der Waals surface area contributed by atoms with Crippen LogP contribution in [0.15, 0.2) is 46.9 Å². The summed E-state index contributed by atoms with van der Waals surface area (Å²) < 4.78 is 6.35. The maximum Gasteiger partial charge on any atom is 0.343 e. The largest absolute Gasteiger partial charge is 0.489 e. The number of hydrogen-bond donors (Lipinski definition) is 1. The molecule has 0 amide bonds. The quantitative estimate of drug-likeness (QED) is 0.656. The third kappa shape index (κ3) is 3.57. The molecule has 0 atom stereocenters. The van der Waals surface area contributed by atoms with Crippen molar-refractivity contribution in [3.8, 4) is 5.75 Å². The predicted molar refractivity (Wildman–Crippen MR) is 78.5 cm³/mol. The van der Waals surface area contributed by atoms with E-state index in [0.717, 1.165) is 10.5 Å². The summed E-state index contributed by atoms with van der Waals surface area (Å²) in [5, 5.41) is 20.0. The van der Waals surface area contributed by atoms with Gasteiger partial charge in [-0.1, -0.05) is 28.1 Å². The lowest BCUT2D eigenvalue weighted by atomic mass is 10.1. The normalized spacial score (nSPS) is 10.1. The van der Waals surface area contributed by atoms with Crippen LogP contribution >= 0.6 is 15.9 Å². The molecule has 2 rings (SSSR count). The zero-order valence-corrected chi connectivity index (χ0v) is 12.2. The number of rotatable bonds is 5. The smallest absolute Gasteiger partial charge is 0.343 e. The lowest BCUT2D eigenvalue weighted by molar-refractivity contribution is -0.385. The summed E-state index contributed by atoms with van der Waals surface area (Å²) in [4.78, 5) is 21.4. The number of nitro benzene ring substituents is 1. The average molecular weight is 352 g/mol. The molecule has 0 aliphatic rings. The van der Waals surface area contributed by atoms with Gasteiger partial charge >= 0.3 is 5.97 Å². The highest BCUT2D eigenvalue weighted by atomic mass is 79.9. The molecule has 2 aromatic rings. The van der Waals surface area contributed by atoms with E-state index in [0.29, 0.717) is 5.75 Å². The fraction of sp³-hybridized carbons (Fsp3) is 0.0714. The number of aromatic carboxylic acids is 1. The zero-order chi connectivity index (χ0) is 15.4. The van der Waals surface area contributed by atoms with Crippen molar-refractivity contribution >= 4 is 27.6 Å². The lowest BCUT2D eigenvalue weighted by Crippen LogP contribution is -2.09. The van der Waals surface area contributed by atoms with Gasteiger partial charge < -0.3 is 9.84 Å². The van der Waals surface area contributed by atoms with Gasteiger partial charge in [-0.05, 0) is 24.3 Å². The highest BCUT2D eigenvalue weighted by molar-refractivity contribution is 9.10. The summed E-state index contributed by atoms with van der Waals surface area (Å²) in [5.41, 5.74) is -0.543. The summed E-state index contributed by atoms with van der Waals surface area (Å²) in [5.74, 6) is -0.808. The molecular formula is C14H10BrNO5. The van der Waals surface area contributed by atoms with E-state index in [9.17, 15) is 14.9 Å². The molecule has 0 fully saturated rings. The van der Waals surface area contributed by atoms with Crippen molar-refractivity contribution < 1.29 is 19.6 Å². The Kier molecular flexibility index (Phi) is 4.54. The van der Waals surface area contributed by atoms with E-state index < -0.39 is 16.6 Å². The van der Waals surface area contributed by atoms with E-state index in [-0.39, 0.29) is 17.7 Å². The third-order valence-electron chi connectivity index (χ3n) is 2.75. The summed E-state index contributed by atoms with van der Waals surface area (Å²) >= 11 is 3.29. The Morgan fingerprint density at radius 2 is 1.90 bits per heavy atom. The van der Waals surface area contributed by atoms with Crippen LogP contribution in [-0.2, 0) is 6.61 Å². The molecule has 0 aliphatic carbocycles. The maximum absolute atomic E-state index is 11.2. The van der Waals surface area contributed by atoms with E-state index in [2.05, 4.69) is 15.9 Å². The first-order valence-corrected chi connectivity index (χ1v) is 6.66. The van der Waals surface area contributed by atoms with Crippen LogP contribution in [0.2, 0.25) is 0 Å². The molecule has 0 saturated heterocycles. The Bertz CT molecular complexity index is 684. The molecule has 0 saturated carbocycles. The highest BCUT2D eigenvalue weighted by Gasteiger charge is 2.23. The van der Waals surface area contributed by atoms with Crippen molar-refractivity contribution in [3.63, 3.8) is 0 Å². The Hall–Kier alpha value is -2.41. The van der Waals surface area contributed by atoms with Gasteiger partial charge in [0.25, 0.3) is 5.69 Å². The molecule has 108 valence electrons. The van der Waals surface area contributed by atoms with Crippen LogP contribution in [-0.4, -0.2) is 16.0 Å². The van der Waals surface area contributed by atoms with Gasteiger partial charge in [-0.2, -0.15) is 0 Å². The first kappa shape index (κ1) is 15.0. The molecular weight excluding hydrogens is 342 g/mol. The zero-order valence-electron chi connectivity index (χ0n) is 10.7. The van der Waals surface area contributed by atoms with Crippen molar-refractivity contribution in [3.05, 3.63) is 68.2 Å². The number of hydrogen-bond acceptors (Lipinski definition) is 4. The monoisotopic (exact) mass is 351 g/mol. The van der Waals surface area contributed by atoms with E-state index in [1.807, 2.05) is 0 Å². The van der Waals surface area contributed by atoms with E-state index >= 15 is 0 Å². The van der Waals surface area contributed by atoms with Crippen LogP contribution in [0.4, 0.5) is 5.69 Å². The molecule has 0 spiro atoms. The number of nitro groups is 1. The van der Waals surface area contributed by atoms with Gasteiger partial charge in [0.1, 0.15) is 17.9 Å². The van der Waals surface area contributed by atoms with Crippen molar-refractivity contribution in [2.45, 2.75) is 6.61 Å². The molecule has 1 N–H and O–H groups in total. The average Bonchev–Trinajstić information content (AvgIpc) is 2.46. The van der Waals surface area contributed by atoms with Gasteiger partial charge in [-0.3, -0.25) is 10.1 Å². The van der Waals surface area contributed by atoms with Crippen LogP contribution in [0.3, 0.4) is 0 Å². The molecule has 0 aromatic heterocycles. The van der Waals surface area contributed by atoms with E-state index in [1.165, 1.54) is 12.1 Å². The van der Waals surface area contributed by atoms with Crippen LogP contribution in [0.5, 0.6) is 5.75 Å². The molecule has 0 bridgehead atoms. The van der Waals surface area contributed by atoms with Crippen molar-refractivity contribution in [2.75, 3.05) is 0 Å². The number of benzene rings is 2. The third-order valence-corrected chi connectivity index (χ3v) is 3.28. The number of carboxylic acids is 1. The summed E-state index contributed by atoms with van der Waals surface area (Å²) in [6.45, 7) is -0.0645. The minimum atomic E-state index is -1.35. The van der Waals surface area contributed by atoms with E-state index in [4.69, 9.17) is 9.84 Å².